The van der Waals surface area contributed by atoms with Gasteiger partial charge in [0.2, 0.25) is 5.88 Å². The molecule has 1 N–H and O–H groups in total. The minimum atomic E-state index is 0.214. The Labute approximate surface area is 109 Å². The number of nitrogens with zero attached hydrogens (tertiary/aromatic N) is 2. The van der Waals surface area contributed by atoms with Crippen molar-refractivity contribution in [3.05, 3.63) is 17.6 Å². The maximum atomic E-state index is 8.86. The van der Waals surface area contributed by atoms with Crippen molar-refractivity contribution in [3.63, 3.8) is 0 Å². The van der Waals surface area contributed by atoms with Crippen LogP contribution in [0.5, 0.6) is 5.88 Å². The molecule has 1 heterocycles. The largest absolute Gasteiger partial charge is 0.480 e. The van der Waals surface area contributed by atoms with Crippen molar-refractivity contribution in [1.82, 2.24) is 9.97 Å². The molecule has 0 saturated carbocycles. The molecule has 0 saturated heterocycles. The van der Waals surface area contributed by atoms with Crippen LogP contribution in [-0.4, -0.2) is 28.8 Å². The zero-order chi connectivity index (χ0) is 13.5. The number of hydrogen-bond donors (Lipinski definition) is 1. The van der Waals surface area contributed by atoms with Gasteiger partial charge in [-0.05, 0) is 25.2 Å². The van der Waals surface area contributed by atoms with Crippen LogP contribution in [-0.2, 0) is 6.42 Å². The van der Waals surface area contributed by atoms with Gasteiger partial charge in [-0.25, -0.2) is 4.98 Å². The Morgan fingerprint density at radius 2 is 2.06 bits per heavy atom. The first-order valence-electron chi connectivity index (χ1n) is 6.59. The molecule has 4 heteroatoms. The van der Waals surface area contributed by atoms with Gasteiger partial charge in [-0.15, -0.1) is 0 Å². The third-order valence-electron chi connectivity index (χ3n) is 2.89. The van der Waals surface area contributed by atoms with E-state index < -0.39 is 0 Å². The highest BCUT2D eigenvalue weighted by atomic mass is 16.5. The average molecular weight is 252 g/mol. The lowest BCUT2D eigenvalue weighted by molar-refractivity contribution is 0.279. The van der Waals surface area contributed by atoms with E-state index in [-0.39, 0.29) is 12.5 Å². The van der Waals surface area contributed by atoms with Crippen molar-refractivity contribution in [2.75, 3.05) is 13.7 Å². The van der Waals surface area contributed by atoms with Crippen molar-refractivity contribution in [1.29, 1.82) is 0 Å². The van der Waals surface area contributed by atoms with E-state index >= 15 is 0 Å². The van der Waals surface area contributed by atoms with Gasteiger partial charge in [0.1, 0.15) is 5.69 Å². The third kappa shape index (κ3) is 4.26. The summed E-state index contributed by atoms with van der Waals surface area (Å²) in [4.78, 5) is 9.00. The molecule has 0 aliphatic carbocycles. The minimum absolute atomic E-state index is 0.214. The Hall–Kier alpha value is -1.16. The van der Waals surface area contributed by atoms with Crippen LogP contribution in [0.1, 0.15) is 50.9 Å². The summed E-state index contributed by atoms with van der Waals surface area (Å²) >= 11 is 0. The predicted molar refractivity (Wildman–Crippen MR) is 71.9 cm³/mol. The molecule has 0 bridgehead atoms. The van der Waals surface area contributed by atoms with Gasteiger partial charge in [0.25, 0.3) is 0 Å². The summed E-state index contributed by atoms with van der Waals surface area (Å²) < 4.78 is 5.33. The van der Waals surface area contributed by atoms with Gasteiger partial charge in [0.15, 0.2) is 0 Å². The number of rotatable bonds is 7. The zero-order valence-electron chi connectivity index (χ0n) is 11.8. The standard InChI is InChI=1S/C14H24N2O2/c1-10(2)8-12-9-15-13(14(16-12)18-4)11(3)6-5-7-17/h9-11,17H,5-8H2,1-4H3. The number of methoxy groups -OCH3 is 1. The molecular formula is C14H24N2O2. The van der Waals surface area contributed by atoms with Crippen molar-refractivity contribution in [3.8, 4) is 5.88 Å². The molecule has 18 heavy (non-hydrogen) atoms. The Kier molecular flexibility index (Phi) is 6.05. The Morgan fingerprint density at radius 3 is 2.61 bits per heavy atom. The highest BCUT2D eigenvalue weighted by Gasteiger charge is 2.15. The molecule has 0 radical (unpaired) electrons. The Balaban J connectivity index is 2.85. The number of hydrogen-bond acceptors (Lipinski definition) is 4. The van der Waals surface area contributed by atoms with Gasteiger partial charge in [0, 0.05) is 18.7 Å². The molecule has 1 aromatic heterocycles. The third-order valence-corrected chi connectivity index (χ3v) is 2.89. The van der Waals surface area contributed by atoms with E-state index in [9.17, 15) is 0 Å². The Bertz CT molecular complexity index is 367. The molecule has 0 aliphatic heterocycles. The van der Waals surface area contributed by atoms with Gasteiger partial charge in [-0.1, -0.05) is 20.8 Å². The molecule has 1 unspecified atom stereocenters. The first kappa shape index (κ1) is 14.9. The quantitative estimate of drug-likeness (QED) is 0.810. The van der Waals surface area contributed by atoms with Crippen LogP contribution in [0.25, 0.3) is 0 Å². The van der Waals surface area contributed by atoms with Crippen LogP contribution in [0.15, 0.2) is 6.20 Å². The maximum Gasteiger partial charge on any atom is 0.235 e. The molecule has 102 valence electrons. The van der Waals surface area contributed by atoms with Gasteiger partial charge in [-0.3, -0.25) is 4.98 Å². The monoisotopic (exact) mass is 252 g/mol. The van der Waals surface area contributed by atoms with Gasteiger partial charge < -0.3 is 9.84 Å². The van der Waals surface area contributed by atoms with Gasteiger partial charge >= 0.3 is 0 Å². The van der Waals surface area contributed by atoms with E-state index in [4.69, 9.17) is 9.84 Å². The second-order valence-electron chi connectivity index (χ2n) is 5.12. The van der Waals surface area contributed by atoms with Crippen LogP contribution in [0, 0.1) is 5.92 Å². The number of aliphatic hydroxyl groups is 1. The second-order valence-corrected chi connectivity index (χ2v) is 5.12. The lowest BCUT2D eigenvalue weighted by atomic mass is 10.0. The smallest absolute Gasteiger partial charge is 0.235 e. The van der Waals surface area contributed by atoms with Crippen molar-refractivity contribution in [2.24, 2.45) is 5.92 Å². The fourth-order valence-electron chi connectivity index (χ4n) is 1.95. The second kappa shape index (κ2) is 7.31. The number of aromatic nitrogens is 2. The lowest BCUT2D eigenvalue weighted by Crippen LogP contribution is -2.07. The first-order valence-corrected chi connectivity index (χ1v) is 6.59. The molecule has 0 amide bonds. The Morgan fingerprint density at radius 1 is 1.33 bits per heavy atom. The van der Waals surface area contributed by atoms with E-state index in [2.05, 4.69) is 30.7 Å². The molecule has 1 rings (SSSR count). The molecule has 0 fully saturated rings. The van der Waals surface area contributed by atoms with Crippen LogP contribution in [0.4, 0.5) is 0 Å². The lowest BCUT2D eigenvalue weighted by Gasteiger charge is -2.14. The summed E-state index contributed by atoms with van der Waals surface area (Å²) in [5.41, 5.74) is 1.86. The topological polar surface area (TPSA) is 55.2 Å². The van der Waals surface area contributed by atoms with Crippen LogP contribution in [0.2, 0.25) is 0 Å². The van der Waals surface area contributed by atoms with Crippen molar-refractivity contribution < 1.29 is 9.84 Å². The van der Waals surface area contributed by atoms with Crippen molar-refractivity contribution in [2.45, 2.75) is 46.0 Å². The summed E-state index contributed by atoms with van der Waals surface area (Å²) in [5, 5.41) is 8.86. The average Bonchev–Trinajstić information content (AvgIpc) is 2.35. The predicted octanol–water partition coefficient (Wildman–Crippen LogP) is 2.56. The summed E-state index contributed by atoms with van der Waals surface area (Å²) in [7, 11) is 1.63. The summed E-state index contributed by atoms with van der Waals surface area (Å²) in [6.07, 6.45) is 4.42. The molecule has 0 aromatic carbocycles. The summed E-state index contributed by atoms with van der Waals surface area (Å²) in [6, 6.07) is 0. The number of ether oxygens (including phenoxy) is 1. The first-order chi connectivity index (χ1) is 8.58. The van der Waals surface area contributed by atoms with E-state index in [0.717, 1.165) is 30.7 Å². The van der Waals surface area contributed by atoms with Gasteiger partial charge in [0.05, 0.1) is 12.8 Å². The molecular weight excluding hydrogens is 228 g/mol. The highest BCUT2D eigenvalue weighted by Crippen LogP contribution is 2.26. The SMILES string of the molecule is COc1nc(CC(C)C)cnc1C(C)CCCO. The van der Waals surface area contributed by atoms with E-state index in [1.165, 1.54) is 0 Å². The summed E-state index contributed by atoms with van der Waals surface area (Å²) in [6.45, 7) is 6.62. The molecule has 4 nitrogen and oxygen atoms in total. The van der Waals surface area contributed by atoms with E-state index in [1.807, 2.05) is 6.20 Å². The fraction of sp³-hybridized carbons (Fsp3) is 0.714. The van der Waals surface area contributed by atoms with Crippen molar-refractivity contribution >= 4 is 0 Å². The molecule has 0 aliphatic rings. The highest BCUT2D eigenvalue weighted by molar-refractivity contribution is 5.23. The normalized spacial score (nSPS) is 12.8. The van der Waals surface area contributed by atoms with E-state index in [1.54, 1.807) is 7.11 Å². The maximum absolute atomic E-state index is 8.86. The number of aliphatic hydroxyl groups excluding tert-OH is 1. The minimum Gasteiger partial charge on any atom is -0.480 e. The summed E-state index contributed by atoms with van der Waals surface area (Å²) in [5.74, 6) is 1.44. The van der Waals surface area contributed by atoms with Crippen LogP contribution < -0.4 is 4.74 Å². The van der Waals surface area contributed by atoms with Crippen LogP contribution in [0.3, 0.4) is 0 Å². The molecule has 1 atom stereocenters. The zero-order valence-corrected chi connectivity index (χ0v) is 11.8. The molecule has 0 spiro atoms. The fourth-order valence-corrected chi connectivity index (χ4v) is 1.95. The van der Waals surface area contributed by atoms with E-state index in [0.29, 0.717) is 11.8 Å². The van der Waals surface area contributed by atoms with Crippen LogP contribution >= 0.6 is 0 Å². The van der Waals surface area contributed by atoms with Gasteiger partial charge in [-0.2, -0.15) is 0 Å². The molecule has 1 aromatic rings.